The lowest BCUT2D eigenvalue weighted by molar-refractivity contribution is -0.120. The zero-order valence-corrected chi connectivity index (χ0v) is 16.4. The summed E-state index contributed by atoms with van der Waals surface area (Å²) in [5.74, 6) is -1.53. The first-order chi connectivity index (χ1) is 14.5. The van der Waals surface area contributed by atoms with E-state index in [-0.39, 0.29) is 35.7 Å². The van der Waals surface area contributed by atoms with E-state index in [0.717, 1.165) is 37.6 Å². The topological polar surface area (TPSA) is 74.0 Å². The van der Waals surface area contributed by atoms with Crippen LogP contribution in [-0.2, 0) is 16.0 Å². The van der Waals surface area contributed by atoms with Crippen molar-refractivity contribution in [3.8, 4) is 0 Å². The standard InChI is InChI=1S/C23H23F2N3O2/c24-16-6-9-20-18(11-16)15(13-26-20)10-22(29)27-17-7-8-19(25)21(12-17)28-23(30)14-4-2-1-3-5-14/h6-9,11-14,26H,1-5,10H2,(H,27,29)(H,28,30). The Morgan fingerprint density at radius 1 is 1.00 bits per heavy atom. The number of aromatic amines is 1. The first-order valence-electron chi connectivity index (χ1n) is 10.2. The SMILES string of the molecule is O=C(Cc1c[nH]c2ccc(F)cc12)Nc1ccc(F)c(NC(=O)C2CCCCC2)c1. The van der Waals surface area contributed by atoms with Crippen molar-refractivity contribution in [3.63, 3.8) is 0 Å². The summed E-state index contributed by atoms with van der Waals surface area (Å²) < 4.78 is 27.7. The number of aromatic nitrogens is 1. The third-order valence-electron chi connectivity index (χ3n) is 5.56. The number of halogens is 2. The Morgan fingerprint density at radius 2 is 1.80 bits per heavy atom. The Labute approximate surface area is 172 Å². The number of rotatable bonds is 5. The van der Waals surface area contributed by atoms with Crippen molar-refractivity contribution in [2.75, 3.05) is 10.6 Å². The van der Waals surface area contributed by atoms with E-state index in [4.69, 9.17) is 0 Å². The van der Waals surface area contributed by atoms with E-state index in [1.807, 2.05) is 0 Å². The van der Waals surface area contributed by atoms with Crippen LogP contribution in [0.4, 0.5) is 20.2 Å². The Morgan fingerprint density at radius 3 is 2.60 bits per heavy atom. The normalized spacial score (nSPS) is 14.6. The van der Waals surface area contributed by atoms with Gasteiger partial charge in [-0.3, -0.25) is 9.59 Å². The molecule has 1 saturated carbocycles. The predicted octanol–water partition coefficient (Wildman–Crippen LogP) is 5.15. The molecule has 0 aliphatic heterocycles. The van der Waals surface area contributed by atoms with Crippen LogP contribution in [0.1, 0.15) is 37.7 Å². The van der Waals surface area contributed by atoms with E-state index < -0.39 is 5.82 Å². The van der Waals surface area contributed by atoms with Gasteiger partial charge >= 0.3 is 0 Å². The van der Waals surface area contributed by atoms with E-state index in [9.17, 15) is 18.4 Å². The average Bonchev–Trinajstić information content (AvgIpc) is 3.12. The molecular weight excluding hydrogens is 388 g/mol. The van der Waals surface area contributed by atoms with Crippen molar-refractivity contribution in [1.82, 2.24) is 4.98 Å². The van der Waals surface area contributed by atoms with Gasteiger partial charge in [0.25, 0.3) is 0 Å². The quantitative estimate of drug-likeness (QED) is 0.543. The van der Waals surface area contributed by atoms with Crippen molar-refractivity contribution < 1.29 is 18.4 Å². The molecule has 1 aliphatic carbocycles. The molecule has 0 unspecified atom stereocenters. The van der Waals surface area contributed by atoms with Crippen LogP contribution in [-0.4, -0.2) is 16.8 Å². The van der Waals surface area contributed by atoms with Crippen LogP contribution in [0.2, 0.25) is 0 Å². The van der Waals surface area contributed by atoms with Gasteiger partial charge in [0, 0.05) is 28.7 Å². The van der Waals surface area contributed by atoms with E-state index in [2.05, 4.69) is 15.6 Å². The number of H-pyrrole nitrogens is 1. The van der Waals surface area contributed by atoms with Crippen LogP contribution in [0.5, 0.6) is 0 Å². The number of amides is 2. The number of benzene rings is 2. The van der Waals surface area contributed by atoms with Crippen LogP contribution in [0.3, 0.4) is 0 Å². The number of anilines is 2. The van der Waals surface area contributed by atoms with Gasteiger partial charge in [-0.2, -0.15) is 0 Å². The highest BCUT2D eigenvalue weighted by Crippen LogP contribution is 2.27. The summed E-state index contributed by atoms with van der Waals surface area (Å²) in [6, 6.07) is 8.43. The molecule has 1 aliphatic rings. The van der Waals surface area contributed by atoms with Crippen LogP contribution < -0.4 is 10.6 Å². The molecule has 0 spiro atoms. The van der Waals surface area contributed by atoms with Gasteiger partial charge < -0.3 is 15.6 Å². The van der Waals surface area contributed by atoms with Gasteiger partial charge in [-0.15, -0.1) is 0 Å². The number of carbonyl (C=O) groups excluding carboxylic acids is 2. The summed E-state index contributed by atoms with van der Waals surface area (Å²) in [5, 5.41) is 6.02. The molecule has 30 heavy (non-hydrogen) atoms. The highest BCUT2D eigenvalue weighted by atomic mass is 19.1. The fraction of sp³-hybridized carbons (Fsp3) is 0.304. The summed E-state index contributed by atoms with van der Waals surface area (Å²) in [5.41, 5.74) is 1.84. The van der Waals surface area contributed by atoms with Crippen LogP contribution in [0.25, 0.3) is 10.9 Å². The minimum atomic E-state index is -0.552. The molecule has 0 saturated heterocycles. The monoisotopic (exact) mass is 411 g/mol. The van der Waals surface area contributed by atoms with E-state index >= 15 is 0 Å². The average molecular weight is 411 g/mol. The fourth-order valence-electron chi connectivity index (χ4n) is 3.97. The molecule has 156 valence electrons. The number of nitrogens with one attached hydrogen (secondary N) is 3. The summed E-state index contributed by atoms with van der Waals surface area (Å²) >= 11 is 0. The third kappa shape index (κ3) is 4.50. The summed E-state index contributed by atoms with van der Waals surface area (Å²) in [6.07, 6.45) is 6.48. The van der Waals surface area contributed by atoms with E-state index in [0.29, 0.717) is 16.6 Å². The maximum Gasteiger partial charge on any atom is 0.228 e. The molecule has 7 heteroatoms. The lowest BCUT2D eigenvalue weighted by atomic mass is 9.88. The number of hydrogen-bond donors (Lipinski definition) is 3. The molecule has 0 radical (unpaired) electrons. The van der Waals surface area contributed by atoms with Crippen LogP contribution in [0.15, 0.2) is 42.6 Å². The first-order valence-corrected chi connectivity index (χ1v) is 10.2. The zero-order chi connectivity index (χ0) is 21.1. The second-order valence-corrected chi connectivity index (χ2v) is 7.75. The summed E-state index contributed by atoms with van der Waals surface area (Å²) in [6.45, 7) is 0. The Bertz CT molecular complexity index is 1090. The molecule has 4 rings (SSSR count). The lowest BCUT2D eigenvalue weighted by Crippen LogP contribution is -2.25. The maximum atomic E-state index is 14.2. The minimum Gasteiger partial charge on any atom is -0.361 e. The minimum absolute atomic E-state index is 0.0323. The van der Waals surface area contributed by atoms with Crippen molar-refractivity contribution in [2.24, 2.45) is 5.92 Å². The molecular formula is C23H23F2N3O2. The highest BCUT2D eigenvalue weighted by molar-refractivity contribution is 5.97. The molecule has 3 N–H and O–H groups in total. The largest absolute Gasteiger partial charge is 0.361 e. The lowest BCUT2D eigenvalue weighted by Gasteiger charge is -2.21. The molecule has 0 bridgehead atoms. The van der Waals surface area contributed by atoms with E-state index in [1.165, 1.54) is 30.3 Å². The molecule has 0 atom stereocenters. The molecule has 2 amide bonds. The molecule has 5 nitrogen and oxygen atoms in total. The van der Waals surface area contributed by atoms with Gasteiger partial charge in [0.2, 0.25) is 11.8 Å². The highest BCUT2D eigenvalue weighted by Gasteiger charge is 2.22. The maximum absolute atomic E-state index is 14.2. The third-order valence-corrected chi connectivity index (χ3v) is 5.56. The Balaban J connectivity index is 1.43. The number of fused-ring (bicyclic) bond motifs is 1. The fourth-order valence-corrected chi connectivity index (χ4v) is 3.97. The smallest absolute Gasteiger partial charge is 0.228 e. The predicted molar refractivity (Wildman–Crippen MR) is 112 cm³/mol. The second-order valence-electron chi connectivity index (χ2n) is 7.75. The van der Waals surface area contributed by atoms with Gasteiger partial charge in [0.15, 0.2) is 0 Å². The molecule has 3 aromatic rings. The second kappa shape index (κ2) is 8.65. The molecule has 2 aromatic carbocycles. The number of hydrogen-bond acceptors (Lipinski definition) is 2. The van der Waals surface area contributed by atoms with Gasteiger partial charge in [0.05, 0.1) is 12.1 Å². The van der Waals surface area contributed by atoms with Crippen molar-refractivity contribution in [1.29, 1.82) is 0 Å². The Kier molecular flexibility index (Phi) is 5.79. The first kappa shape index (κ1) is 20.1. The van der Waals surface area contributed by atoms with Gasteiger partial charge in [-0.1, -0.05) is 19.3 Å². The van der Waals surface area contributed by atoms with E-state index in [1.54, 1.807) is 12.3 Å². The molecule has 1 aromatic heterocycles. The van der Waals surface area contributed by atoms with Gasteiger partial charge in [-0.25, -0.2) is 8.78 Å². The van der Waals surface area contributed by atoms with Crippen molar-refractivity contribution in [2.45, 2.75) is 38.5 Å². The molecule has 1 fully saturated rings. The molecule has 1 heterocycles. The summed E-state index contributed by atoms with van der Waals surface area (Å²) in [7, 11) is 0. The van der Waals surface area contributed by atoms with Crippen LogP contribution >= 0.6 is 0 Å². The van der Waals surface area contributed by atoms with Crippen molar-refractivity contribution >= 4 is 34.1 Å². The van der Waals surface area contributed by atoms with Crippen LogP contribution in [0, 0.1) is 17.6 Å². The van der Waals surface area contributed by atoms with Crippen molar-refractivity contribution in [3.05, 3.63) is 59.8 Å². The number of carbonyl (C=O) groups is 2. The van der Waals surface area contributed by atoms with Gasteiger partial charge in [-0.05, 0) is 54.8 Å². The van der Waals surface area contributed by atoms with Gasteiger partial charge in [0.1, 0.15) is 11.6 Å². The zero-order valence-electron chi connectivity index (χ0n) is 16.4. The Hall–Kier alpha value is -3.22. The summed E-state index contributed by atoms with van der Waals surface area (Å²) in [4.78, 5) is 27.9.